The molecule has 1 heterocycles. The van der Waals surface area contributed by atoms with Crippen molar-refractivity contribution >= 4 is 11.6 Å². The molecule has 0 aliphatic carbocycles. The first-order valence-corrected chi connectivity index (χ1v) is 5.38. The summed E-state index contributed by atoms with van der Waals surface area (Å²) < 4.78 is 5.56. The van der Waals surface area contributed by atoms with Crippen molar-refractivity contribution in [2.75, 3.05) is 0 Å². The molecule has 1 saturated heterocycles. The number of benzene rings is 1. The van der Waals surface area contributed by atoms with Crippen molar-refractivity contribution in [3.05, 3.63) is 34.9 Å². The van der Waals surface area contributed by atoms with Crippen LogP contribution < -0.4 is 0 Å². The van der Waals surface area contributed by atoms with E-state index in [1.807, 2.05) is 32.9 Å². The summed E-state index contributed by atoms with van der Waals surface area (Å²) in [5.41, 5.74) is 0.0971. The molecular formula is C12H15ClO2. The molecule has 2 atom stereocenters. The lowest BCUT2D eigenvalue weighted by atomic mass is 9.88. The highest BCUT2D eigenvalue weighted by Gasteiger charge is 2.64. The minimum atomic E-state index is -0.607. The molecule has 1 fully saturated rings. The van der Waals surface area contributed by atoms with Gasteiger partial charge in [-0.25, -0.2) is 0 Å². The van der Waals surface area contributed by atoms with Crippen molar-refractivity contribution in [3.63, 3.8) is 0 Å². The highest BCUT2D eigenvalue weighted by atomic mass is 35.5. The Morgan fingerprint density at radius 2 is 1.67 bits per heavy atom. The molecule has 1 aliphatic heterocycles. The Balaban J connectivity index is 2.23. The predicted molar refractivity (Wildman–Crippen MR) is 60.0 cm³/mol. The maximum atomic E-state index is 10.2. The van der Waals surface area contributed by atoms with Crippen LogP contribution in [0.25, 0.3) is 0 Å². The van der Waals surface area contributed by atoms with Gasteiger partial charge in [-0.1, -0.05) is 23.7 Å². The molecule has 0 bridgehead atoms. The van der Waals surface area contributed by atoms with E-state index in [2.05, 4.69) is 0 Å². The normalized spacial score (nSPS) is 29.9. The molecule has 1 aliphatic rings. The van der Waals surface area contributed by atoms with E-state index in [1.54, 1.807) is 12.1 Å². The summed E-state index contributed by atoms with van der Waals surface area (Å²) in [6.07, 6.45) is -0.607. The van der Waals surface area contributed by atoms with Gasteiger partial charge < -0.3 is 9.84 Å². The van der Waals surface area contributed by atoms with Crippen molar-refractivity contribution in [3.8, 4) is 0 Å². The van der Waals surface area contributed by atoms with Crippen LogP contribution >= 0.6 is 11.6 Å². The van der Waals surface area contributed by atoms with E-state index < -0.39 is 11.7 Å². The molecule has 15 heavy (non-hydrogen) atoms. The van der Waals surface area contributed by atoms with Crippen LogP contribution in [0.1, 0.15) is 32.4 Å². The van der Waals surface area contributed by atoms with Gasteiger partial charge in [-0.05, 0) is 38.5 Å². The maximum Gasteiger partial charge on any atom is 0.124 e. The fourth-order valence-electron chi connectivity index (χ4n) is 1.85. The lowest BCUT2D eigenvalue weighted by molar-refractivity contribution is 0.0849. The second kappa shape index (κ2) is 3.21. The summed E-state index contributed by atoms with van der Waals surface area (Å²) in [6.45, 7) is 5.88. The number of hydrogen-bond donors (Lipinski definition) is 1. The Morgan fingerprint density at radius 3 is 2.07 bits per heavy atom. The van der Waals surface area contributed by atoms with Gasteiger partial charge in [0.25, 0.3) is 0 Å². The van der Waals surface area contributed by atoms with Crippen molar-refractivity contribution in [1.82, 2.24) is 0 Å². The van der Waals surface area contributed by atoms with Crippen LogP contribution in [0.3, 0.4) is 0 Å². The number of hydrogen-bond acceptors (Lipinski definition) is 2. The summed E-state index contributed by atoms with van der Waals surface area (Å²) >= 11 is 5.79. The average molecular weight is 227 g/mol. The minimum Gasteiger partial charge on any atom is -0.385 e. The number of ether oxygens (including phenoxy) is 1. The summed E-state index contributed by atoms with van der Waals surface area (Å²) in [5.74, 6) is 0. The van der Waals surface area contributed by atoms with Crippen LogP contribution in [0.4, 0.5) is 0 Å². The van der Waals surface area contributed by atoms with Gasteiger partial charge in [-0.2, -0.15) is 0 Å². The molecule has 1 unspecified atom stereocenters. The van der Waals surface area contributed by atoms with E-state index in [-0.39, 0.29) is 5.60 Å². The van der Waals surface area contributed by atoms with E-state index in [9.17, 15) is 5.11 Å². The number of rotatable bonds is 2. The van der Waals surface area contributed by atoms with E-state index in [0.29, 0.717) is 5.02 Å². The largest absolute Gasteiger partial charge is 0.385 e. The fourth-order valence-corrected chi connectivity index (χ4v) is 1.98. The lowest BCUT2D eigenvalue weighted by Crippen LogP contribution is -2.25. The Labute approximate surface area is 94.8 Å². The van der Waals surface area contributed by atoms with Crippen molar-refractivity contribution in [2.45, 2.75) is 38.1 Å². The zero-order valence-electron chi connectivity index (χ0n) is 9.12. The smallest absolute Gasteiger partial charge is 0.124 e. The average Bonchev–Trinajstić information content (AvgIpc) is 2.67. The highest BCUT2D eigenvalue weighted by Crippen LogP contribution is 2.54. The van der Waals surface area contributed by atoms with E-state index in [4.69, 9.17) is 16.3 Å². The van der Waals surface area contributed by atoms with Crippen molar-refractivity contribution in [2.24, 2.45) is 0 Å². The second-order valence-corrected chi connectivity index (χ2v) is 5.11. The highest BCUT2D eigenvalue weighted by molar-refractivity contribution is 6.30. The minimum absolute atomic E-state index is 0.258. The van der Waals surface area contributed by atoms with Gasteiger partial charge in [-0.3, -0.25) is 0 Å². The van der Waals surface area contributed by atoms with E-state index in [1.165, 1.54) is 0 Å². The van der Waals surface area contributed by atoms with Crippen LogP contribution in [-0.4, -0.2) is 16.3 Å². The van der Waals surface area contributed by atoms with Gasteiger partial charge >= 0.3 is 0 Å². The molecule has 1 aromatic rings. The summed E-state index contributed by atoms with van der Waals surface area (Å²) in [4.78, 5) is 0. The predicted octanol–water partition coefficient (Wildman–Crippen LogP) is 2.94. The molecule has 0 spiro atoms. The molecule has 82 valence electrons. The van der Waals surface area contributed by atoms with Gasteiger partial charge in [0, 0.05) is 5.02 Å². The van der Waals surface area contributed by atoms with Crippen LogP contribution in [0.15, 0.2) is 24.3 Å². The third kappa shape index (κ3) is 1.67. The maximum absolute atomic E-state index is 10.2. The Kier molecular flexibility index (Phi) is 2.34. The van der Waals surface area contributed by atoms with Crippen LogP contribution in [0, 0.1) is 0 Å². The molecular weight excluding hydrogens is 212 g/mol. The van der Waals surface area contributed by atoms with E-state index >= 15 is 0 Å². The Bertz CT molecular complexity index is 372. The zero-order chi connectivity index (χ0) is 11.3. The van der Waals surface area contributed by atoms with E-state index in [0.717, 1.165) is 5.56 Å². The first-order valence-electron chi connectivity index (χ1n) is 5.00. The second-order valence-electron chi connectivity index (χ2n) is 4.67. The number of aliphatic hydroxyl groups excluding tert-OH is 1. The monoisotopic (exact) mass is 226 g/mol. The summed E-state index contributed by atoms with van der Waals surface area (Å²) in [6, 6.07) is 7.21. The molecule has 1 N–H and O–H groups in total. The van der Waals surface area contributed by atoms with Crippen LogP contribution in [-0.2, 0) is 4.74 Å². The molecule has 1 aromatic carbocycles. The lowest BCUT2D eigenvalue weighted by Gasteiger charge is -2.17. The zero-order valence-corrected chi connectivity index (χ0v) is 9.88. The molecule has 3 heteroatoms. The van der Waals surface area contributed by atoms with Crippen LogP contribution in [0.2, 0.25) is 5.02 Å². The third-order valence-corrected chi connectivity index (χ3v) is 3.58. The van der Waals surface area contributed by atoms with Gasteiger partial charge in [0.2, 0.25) is 0 Å². The van der Waals surface area contributed by atoms with Crippen molar-refractivity contribution < 1.29 is 9.84 Å². The topological polar surface area (TPSA) is 32.8 Å². The SMILES string of the molecule is CC1(C)O[C@@]1(C)C(O)c1ccc(Cl)cc1. The van der Waals surface area contributed by atoms with Crippen LogP contribution in [0.5, 0.6) is 0 Å². The standard InChI is InChI=1S/C12H15ClO2/c1-11(2)12(3,15-11)10(14)8-4-6-9(13)7-5-8/h4-7,10,14H,1-3H3/t10?,12-/m0/s1. The molecule has 0 aromatic heterocycles. The Morgan fingerprint density at radius 1 is 1.20 bits per heavy atom. The number of halogens is 1. The van der Waals surface area contributed by atoms with Crippen molar-refractivity contribution in [1.29, 1.82) is 0 Å². The quantitative estimate of drug-likeness (QED) is 0.787. The van der Waals surface area contributed by atoms with Gasteiger partial charge in [0.1, 0.15) is 11.7 Å². The van der Waals surface area contributed by atoms with Gasteiger partial charge in [0.05, 0.1) is 5.60 Å². The first-order chi connectivity index (χ1) is 6.87. The fraction of sp³-hybridized carbons (Fsp3) is 0.500. The first kappa shape index (κ1) is 10.9. The summed E-state index contributed by atoms with van der Waals surface area (Å²) in [5, 5.41) is 10.9. The third-order valence-electron chi connectivity index (χ3n) is 3.33. The molecule has 2 rings (SSSR count). The number of epoxide rings is 1. The summed E-state index contributed by atoms with van der Waals surface area (Å²) in [7, 11) is 0. The Hall–Kier alpha value is -0.570. The number of aliphatic hydroxyl groups is 1. The molecule has 2 nitrogen and oxygen atoms in total. The van der Waals surface area contributed by atoms with Gasteiger partial charge in [-0.15, -0.1) is 0 Å². The molecule has 0 saturated carbocycles. The van der Waals surface area contributed by atoms with Gasteiger partial charge in [0.15, 0.2) is 0 Å². The molecule has 0 radical (unpaired) electrons. The molecule has 0 amide bonds.